The van der Waals surface area contributed by atoms with E-state index in [0.717, 1.165) is 11.3 Å². The normalized spacial score (nSPS) is 24.7. The highest BCUT2D eigenvalue weighted by atomic mass is 16.3. The molecule has 3 aliphatic heterocycles. The Morgan fingerprint density at radius 1 is 0.714 bits per heavy atom. The third kappa shape index (κ3) is 1.43. The molecule has 0 saturated heterocycles. The second kappa shape index (κ2) is 3.94. The predicted molar refractivity (Wildman–Crippen MR) is 87.4 cm³/mol. The van der Waals surface area contributed by atoms with Gasteiger partial charge in [-0.25, -0.2) is 0 Å². The van der Waals surface area contributed by atoms with Crippen LogP contribution < -0.4 is 0 Å². The SMILES string of the molecule is CC1=C(C)C2=C(C)C(C)(C)C3=C(C)C(C)=C(O)C(=C1C)N23. The molecule has 0 amide bonds. The lowest BCUT2D eigenvalue weighted by atomic mass is 9.80. The number of allylic oxidation sites excluding steroid dienone is 6. The molecular formula is C19H25NO. The molecule has 2 heteroatoms. The van der Waals surface area contributed by atoms with E-state index in [9.17, 15) is 5.11 Å². The van der Waals surface area contributed by atoms with E-state index in [4.69, 9.17) is 0 Å². The van der Waals surface area contributed by atoms with Crippen molar-refractivity contribution in [1.82, 2.24) is 4.90 Å². The average Bonchev–Trinajstić information content (AvgIpc) is 2.61. The van der Waals surface area contributed by atoms with Crippen molar-refractivity contribution in [2.75, 3.05) is 0 Å². The number of nitrogens with zero attached hydrogens (tertiary/aromatic N) is 1. The smallest absolute Gasteiger partial charge is 0.143 e. The van der Waals surface area contributed by atoms with Crippen LogP contribution in [0.2, 0.25) is 0 Å². The first kappa shape index (κ1) is 14.2. The van der Waals surface area contributed by atoms with E-state index in [-0.39, 0.29) is 5.41 Å². The molecule has 0 aliphatic carbocycles. The molecular weight excluding hydrogens is 258 g/mol. The first-order valence-corrected chi connectivity index (χ1v) is 7.64. The molecule has 0 aromatic carbocycles. The quantitative estimate of drug-likeness (QED) is 0.648. The van der Waals surface area contributed by atoms with Crippen LogP contribution >= 0.6 is 0 Å². The molecule has 0 saturated carbocycles. The third-order valence-corrected chi connectivity index (χ3v) is 5.89. The Labute approximate surface area is 127 Å². The number of hydrogen-bond acceptors (Lipinski definition) is 2. The summed E-state index contributed by atoms with van der Waals surface area (Å²) in [7, 11) is 0. The van der Waals surface area contributed by atoms with Crippen LogP contribution in [0.4, 0.5) is 0 Å². The highest BCUT2D eigenvalue weighted by Gasteiger charge is 2.48. The van der Waals surface area contributed by atoms with Gasteiger partial charge in [0.2, 0.25) is 0 Å². The lowest BCUT2D eigenvalue weighted by Gasteiger charge is -2.40. The Hall–Kier alpha value is -1.70. The molecule has 1 N–H and O–H groups in total. The molecule has 3 aliphatic rings. The summed E-state index contributed by atoms with van der Waals surface area (Å²) in [5, 5.41) is 10.7. The van der Waals surface area contributed by atoms with Gasteiger partial charge in [0.15, 0.2) is 0 Å². The first-order chi connectivity index (χ1) is 9.62. The molecule has 0 aromatic rings. The maximum atomic E-state index is 10.7. The fourth-order valence-electron chi connectivity index (χ4n) is 3.96. The lowest BCUT2D eigenvalue weighted by molar-refractivity contribution is 0.347. The molecule has 0 spiro atoms. The number of aliphatic hydroxyl groups excluding tert-OH is 1. The van der Waals surface area contributed by atoms with E-state index in [1.54, 1.807) is 0 Å². The van der Waals surface area contributed by atoms with Gasteiger partial charge in [0.05, 0.1) is 5.70 Å². The Morgan fingerprint density at radius 2 is 1.29 bits per heavy atom. The minimum absolute atomic E-state index is 0.00120. The van der Waals surface area contributed by atoms with Crippen LogP contribution in [0.1, 0.15) is 55.4 Å². The minimum Gasteiger partial charge on any atom is -0.505 e. The largest absolute Gasteiger partial charge is 0.505 e. The maximum Gasteiger partial charge on any atom is 0.143 e. The maximum absolute atomic E-state index is 10.7. The van der Waals surface area contributed by atoms with Crippen LogP contribution in [0.25, 0.3) is 0 Å². The zero-order valence-corrected chi connectivity index (χ0v) is 14.4. The standard InChI is InChI=1S/C19H25NO/c1-9-10(2)15-14(6)19(7,8)18-13(5)12(4)17(21)16(11(9)3)20(15)18/h21H,1-8H3. The van der Waals surface area contributed by atoms with Crippen molar-refractivity contribution in [3.63, 3.8) is 0 Å². The summed E-state index contributed by atoms with van der Waals surface area (Å²) in [5.41, 5.74) is 11.0. The molecule has 3 heterocycles. The molecule has 2 nitrogen and oxygen atoms in total. The van der Waals surface area contributed by atoms with Crippen molar-refractivity contribution in [2.24, 2.45) is 5.41 Å². The zero-order valence-electron chi connectivity index (χ0n) is 14.4. The van der Waals surface area contributed by atoms with Gasteiger partial charge in [-0.15, -0.1) is 0 Å². The summed E-state index contributed by atoms with van der Waals surface area (Å²) in [6.07, 6.45) is 0. The molecule has 0 fully saturated rings. The average molecular weight is 283 g/mol. The Morgan fingerprint density at radius 3 is 1.86 bits per heavy atom. The van der Waals surface area contributed by atoms with Crippen LogP contribution in [0.3, 0.4) is 0 Å². The summed E-state index contributed by atoms with van der Waals surface area (Å²) in [6, 6.07) is 0. The van der Waals surface area contributed by atoms with E-state index in [2.05, 4.69) is 53.4 Å². The predicted octanol–water partition coefficient (Wildman–Crippen LogP) is 5.35. The van der Waals surface area contributed by atoms with Crippen LogP contribution in [0.5, 0.6) is 0 Å². The van der Waals surface area contributed by atoms with Gasteiger partial charge in [-0.1, -0.05) is 13.8 Å². The van der Waals surface area contributed by atoms with Crippen molar-refractivity contribution >= 4 is 0 Å². The van der Waals surface area contributed by atoms with Gasteiger partial charge in [-0.2, -0.15) is 0 Å². The topological polar surface area (TPSA) is 23.5 Å². The van der Waals surface area contributed by atoms with Gasteiger partial charge in [-0.3, -0.25) is 0 Å². The minimum atomic E-state index is -0.00120. The second-order valence-electron chi connectivity index (χ2n) is 7.10. The zero-order chi connectivity index (χ0) is 15.9. The van der Waals surface area contributed by atoms with Crippen LogP contribution in [0, 0.1) is 5.41 Å². The van der Waals surface area contributed by atoms with Crippen LogP contribution in [-0.2, 0) is 0 Å². The highest BCUT2D eigenvalue weighted by Crippen LogP contribution is 2.57. The highest BCUT2D eigenvalue weighted by molar-refractivity contribution is 5.66. The first-order valence-electron chi connectivity index (χ1n) is 7.64. The van der Waals surface area contributed by atoms with Gasteiger partial charge in [0.25, 0.3) is 0 Å². The van der Waals surface area contributed by atoms with Crippen LogP contribution in [-0.4, -0.2) is 10.0 Å². The Bertz CT molecular complexity index is 736. The van der Waals surface area contributed by atoms with Crippen molar-refractivity contribution in [3.05, 3.63) is 56.3 Å². The summed E-state index contributed by atoms with van der Waals surface area (Å²) in [5.74, 6) is 0.434. The molecule has 0 bridgehead atoms. The molecule has 0 radical (unpaired) electrons. The second-order valence-corrected chi connectivity index (χ2v) is 7.10. The fourth-order valence-corrected chi connectivity index (χ4v) is 3.96. The van der Waals surface area contributed by atoms with Crippen molar-refractivity contribution < 1.29 is 5.11 Å². The van der Waals surface area contributed by atoms with E-state index in [1.807, 2.05) is 6.92 Å². The van der Waals surface area contributed by atoms with E-state index in [0.29, 0.717) is 5.76 Å². The Kier molecular flexibility index (Phi) is 2.67. The van der Waals surface area contributed by atoms with Gasteiger partial charge in [-0.05, 0) is 75.0 Å². The number of hydrogen-bond donors (Lipinski definition) is 1. The lowest BCUT2D eigenvalue weighted by Crippen LogP contribution is -2.32. The van der Waals surface area contributed by atoms with E-state index >= 15 is 0 Å². The van der Waals surface area contributed by atoms with Gasteiger partial charge < -0.3 is 10.0 Å². The fraction of sp³-hybridized carbons (Fsp3) is 0.474. The summed E-state index contributed by atoms with van der Waals surface area (Å²) >= 11 is 0. The summed E-state index contributed by atoms with van der Waals surface area (Å²) < 4.78 is 0. The van der Waals surface area contributed by atoms with E-state index in [1.165, 1.54) is 39.3 Å². The third-order valence-electron chi connectivity index (χ3n) is 5.89. The molecule has 112 valence electrons. The molecule has 0 aromatic heterocycles. The van der Waals surface area contributed by atoms with E-state index < -0.39 is 0 Å². The molecule has 0 atom stereocenters. The summed E-state index contributed by atoms with van der Waals surface area (Å²) in [4.78, 5) is 2.31. The molecule has 0 unspecified atom stereocenters. The summed E-state index contributed by atoms with van der Waals surface area (Å²) in [6.45, 7) is 17.4. The van der Waals surface area contributed by atoms with Gasteiger partial charge in [0, 0.05) is 16.8 Å². The Balaban J connectivity index is 2.50. The molecule has 21 heavy (non-hydrogen) atoms. The monoisotopic (exact) mass is 283 g/mol. The van der Waals surface area contributed by atoms with Gasteiger partial charge >= 0.3 is 0 Å². The number of aliphatic hydroxyl groups is 1. The van der Waals surface area contributed by atoms with Crippen molar-refractivity contribution in [3.8, 4) is 0 Å². The van der Waals surface area contributed by atoms with Gasteiger partial charge in [0.1, 0.15) is 5.76 Å². The van der Waals surface area contributed by atoms with Crippen molar-refractivity contribution in [1.29, 1.82) is 0 Å². The van der Waals surface area contributed by atoms with Crippen LogP contribution in [0.15, 0.2) is 56.3 Å². The number of rotatable bonds is 0. The van der Waals surface area contributed by atoms with Crippen molar-refractivity contribution in [2.45, 2.75) is 55.4 Å². The molecule has 3 rings (SSSR count).